The molecule has 0 bridgehead atoms. The fourth-order valence-electron chi connectivity index (χ4n) is 1.47. The third-order valence-corrected chi connectivity index (χ3v) is 5.41. The summed E-state index contributed by atoms with van der Waals surface area (Å²) in [7, 11) is -3.11. The van der Waals surface area contributed by atoms with Gasteiger partial charge in [-0.05, 0) is 43.0 Å². The highest BCUT2D eigenvalue weighted by molar-refractivity contribution is 8.00. The maximum Gasteiger partial charge on any atom is 0.212 e. The van der Waals surface area contributed by atoms with Crippen LogP contribution in [0.15, 0.2) is 29.2 Å². The van der Waals surface area contributed by atoms with E-state index in [1.807, 2.05) is 24.3 Å². The van der Waals surface area contributed by atoms with Gasteiger partial charge < -0.3 is 5.73 Å². The van der Waals surface area contributed by atoms with E-state index in [4.69, 9.17) is 5.73 Å². The predicted octanol–water partition coefficient (Wildman–Crippen LogP) is 1.69. The van der Waals surface area contributed by atoms with Crippen molar-refractivity contribution in [1.29, 1.82) is 0 Å². The van der Waals surface area contributed by atoms with Crippen molar-refractivity contribution < 1.29 is 8.42 Å². The van der Waals surface area contributed by atoms with Gasteiger partial charge in [0.15, 0.2) is 0 Å². The monoisotopic (exact) mass is 286 g/mol. The Kier molecular flexibility index (Phi) is 4.53. The van der Waals surface area contributed by atoms with E-state index >= 15 is 0 Å². The lowest BCUT2D eigenvalue weighted by molar-refractivity contribution is 0.579. The molecule has 0 atom stereocenters. The number of hydrogen-bond acceptors (Lipinski definition) is 4. The van der Waals surface area contributed by atoms with Crippen LogP contribution >= 0.6 is 11.8 Å². The largest absolute Gasteiger partial charge is 0.399 e. The van der Waals surface area contributed by atoms with Crippen LogP contribution in [0, 0.1) is 5.92 Å². The summed E-state index contributed by atoms with van der Waals surface area (Å²) in [5, 5.41) is 0. The van der Waals surface area contributed by atoms with Crippen molar-refractivity contribution in [3.63, 3.8) is 0 Å². The van der Waals surface area contributed by atoms with Gasteiger partial charge in [-0.3, -0.25) is 0 Å². The van der Waals surface area contributed by atoms with Gasteiger partial charge in [0.1, 0.15) is 0 Å². The van der Waals surface area contributed by atoms with Crippen LogP contribution in [-0.2, 0) is 10.0 Å². The second-order valence-corrected chi connectivity index (χ2v) is 7.62. The molecule has 3 N–H and O–H groups in total. The molecule has 0 radical (unpaired) electrons. The molecular formula is C12H18N2O2S2. The molecule has 1 aliphatic rings. The molecule has 1 saturated carbocycles. The van der Waals surface area contributed by atoms with Crippen molar-refractivity contribution in [3.8, 4) is 0 Å². The van der Waals surface area contributed by atoms with Crippen molar-refractivity contribution >= 4 is 27.5 Å². The van der Waals surface area contributed by atoms with Gasteiger partial charge in [0.05, 0.1) is 5.75 Å². The van der Waals surface area contributed by atoms with Crippen LogP contribution in [0.5, 0.6) is 0 Å². The van der Waals surface area contributed by atoms with E-state index in [1.165, 1.54) is 11.8 Å². The Morgan fingerprint density at radius 1 is 1.28 bits per heavy atom. The van der Waals surface area contributed by atoms with Gasteiger partial charge in [0, 0.05) is 22.9 Å². The third kappa shape index (κ3) is 4.88. The van der Waals surface area contributed by atoms with Gasteiger partial charge >= 0.3 is 0 Å². The van der Waals surface area contributed by atoms with Crippen molar-refractivity contribution in [2.75, 3.05) is 23.8 Å². The number of benzene rings is 1. The number of rotatable bonds is 7. The van der Waals surface area contributed by atoms with Crippen LogP contribution in [-0.4, -0.2) is 26.5 Å². The smallest absolute Gasteiger partial charge is 0.212 e. The van der Waals surface area contributed by atoms with Crippen LogP contribution in [0.25, 0.3) is 0 Å². The first-order chi connectivity index (χ1) is 8.55. The zero-order valence-electron chi connectivity index (χ0n) is 10.1. The molecule has 1 fully saturated rings. The molecule has 100 valence electrons. The minimum Gasteiger partial charge on any atom is -0.399 e. The zero-order valence-corrected chi connectivity index (χ0v) is 11.8. The average molecular weight is 286 g/mol. The van der Waals surface area contributed by atoms with E-state index in [1.54, 1.807) is 0 Å². The summed E-state index contributed by atoms with van der Waals surface area (Å²) in [5.41, 5.74) is 6.30. The van der Waals surface area contributed by atoms with E-state index in [9.17, 15) is 8.42 Å². The Morgan fingerprint density at radius 2 is 1.94 bits per heavy atom. The molecule has 0 aliphatic heterocycles. The highest BCUT2D eigenvalue weighted by atomic mass is 32.2. The van der Waals surface area contributed by atoms with E-state index in [-0.39, 0.29) is 5.75 Å². The average Bonchev–Trinajstić information content (AvgIpc) is 3.13. The number of nitrogen functional groups attached to an aromatic ring is 1. The number of nitrogens with one attached hydrogen (secondary N) is 1. The second kappa shape index (κ2) is 5.95. The summed E-state index contributed by atoms with van der Waals surface area (Å²) in [4.78, 5) is 1.04. The fourth-order valence-corrected chi connectivity index (χ4v) is 3.88. The Morgan fingerprint density at radius 3 is 2.56 bits per heavy atom. The van der Waals surface area contributed by atoms with Crippen molar-refractivity contribution in [1.82, 2.24) is 4.72 Å². The minimum absolute atomic E-state index is 0.161. The molecule has 2 rings (SSSR count). The molecule has 6 heteroatoms. The van der Waals surface area contributed by atoms with E-state index < -0.39 is 10.0 Å². The standard InChI is InChI=1S/C12H18N2O2S2/c13-11-3-5-12(6-4-11)17-7-8-18(15,16)14-9-10-1-2-10/h3-6,10,14H,1-2,7-9,13H2. The highest BCUT2D eigenvalue weighted by Gasteiger charge is 2.23. The van der Waals surface area contributed by atoms with Crippen LogP contribution in [0.4, 0.5) is 5.69 Å². The lowest BCUT2D eigenvalue weighted by Gasteiger charge is -2.06. The number of thioether (sulfide) groups is 1. The Balaban J connectivity index is 1.71. The molecule has 0 heterocycles. The molecule has 1 aromatic rings. The Bertz CT molecular complexity index is 481. The van der Waals surface area contributed by atoms with Gasteiger partial charge in [0.25, 0.3) is 0 Å². The zero-order chi connectivity index (χ0) is 13.0. The van der Waals surface area contributed by atoms with Crippen LogP contribution in [0.2, 0.25) is 0 Å². The summed E-state index contributed by atoms with van der Waals surface area (Å²) in [6, 6.07) is 7.46. The Hall–Kier alpha value is -0.720. The molecule has 1 aromatic carbocycles. The first kappa shape index (κ1) is 13.7. The van der Waals surface area contributed by atoms with E-state index in [0.717, 1.165) is 23.4 Å². The number of hydrogen-bond donors (Lipinski definition) is 2. The second-order valence-electron chi connectivity index (χ2n) is 4.53. The summed E-state index contributed by atoms with van der Waals surface area (Å²) in [6.07, 6.45) is 2.31. The molecule has 0 unspecified atom stereocenters. The minimum atomic E-state index is -3.11. The predicted molar refractivity (Wildman–Crippen MR) is 76.1 cm³/mol. The van der Waals surface area contributed by atoms with Gasteiger partial charge in [-0.2, -0.15) is 0 Å². The summed E-state index contributed by atoms with van der Waals surface area (Å²) in [6.45, 7) is 0.606. The molecule has 0 saturated heterocycles. The summed E-state index contributed by atoms with van der Waals surface area (Å²) >= 11 is 1.53. The van der Waals surface area contributed by atoms with Crippen molar-refractivity contribution in [2.45, 2.75) is 17.7 Å². The van der Waals surface area contributed by atoms with Crippen LogP contribution in [0.1, 0.15) is 12.8 Å². The maximum absolute atomic E-state index is 11.7. The topological polar surface area (TPSA) is 72.2 Å². The molecule has 18 heavy (non-hydrogen) atoms. The normalized spacial score (nSPS) is 15.8. The first-order valence-corrected chi connectivity index (χ1v) is 8.65. The van der Waals surface area contributed by atoms with Crippen LogP contribution < -0.4 is 10.5 Å². The summed E-state index contributed by atoms with van der Waals surface area (Å²) < 4.78 is 26.0. The van der Waals surface area contributed by atoms with Crippen LogP contribution in [0.3, 0.4) is 0 Å². The lowest BCUT2D eigenvalue weighted by atomic mass is 10.3. The molecular weight excluding hydrogens is 268 g/mol. The first-order valence-electron chi connectivity index (χ1n) is 6.01. The van der Waals surface area contributed by atoms with Gasteiger partial charge in [0.2, 0.25) is 10.0 Å². The van der Waals surface area contributed by atoms with Gasteiger partial charge in [-0.15, -0.1) is 11.8 Å². The van der Waals surface area contributed by atoms with Gasteiger partial charge in [-0.25, -0.2) is 13.1 Å². The molecule has 1 aliphatic carbocycles. The molecule has 0 amide bonds. The van der Waals surface area contributed by atoms with Gasteiger partial charge in [-0.1, -0.05) is 0 Å². The maximum atomic E-state index is 11.7. The molecule has 0 spiro atoms. The van der Waals surface area contributed by atoms with E-state index in [2.05, 4.69) is 4.72 Å². The number of anilines is 1. The third-order valence-electron chi connectivity index (χ3n) is 2.79. The number of sulfonamides is 1. The fraction of sp³-hybridized carbons (Fsp3) is 0.500. The highest BCUT2D eigenvalue weighted by Crippen LogP contribution is 2.27. The Labute approximate surface area is 112 Å². The van der Waals surface area contributed by atoms with Crippen molar-refractivity contribution in [3.05, 3.63) is 24.3 Å². The van der Waals surface area contributed by atoms with Crippen molar-refractivity contribution in [2.24, 2.45) is 5.92 Å². The van der Waals surface area contributed by atoms with E-state index in [0.29, 0.717) is 18.2 Å². The molecule has 4 nitrogen and oxygen atoms in total. The SMILES string of the molecule is Nc1ccc(SCCS(=O)(=O)NCC2CC2)cc1. The lowest BCUT2D eigenvalue weighted by Crippen LogP contribution is -2.29. The molecule has 0 aromatic heterocycles. The quantitative estimate of drug-likeness (QED) is 0.591. The number of nitrogens with two attached hydrogens (primary N) is 1. The summed E-state index contributed by atoms with van der Waals surface area (Å²) in [5.74, 6) is 1.29.